The van der Waals surface area contributed by atoms with Crippen LogP contribution in [-0.2, 0) is 25.4 Å². The van der Waals surface area contributed by atoms with E-state index in [1.807, 2.05) is 96.2 Å². The first-order valence-electron chi connectivity index (χ1n) is 18.4. The van der Waals surface area contributed by atoms with Gasteiger partial charge in [0.05, 0.1) is 24.7 Å². The largest absolute Gasteiger partial charge is 0.457 e. The second-order valence-corrected chi connectivity index (χ2v) is 14.5. The Morgan fingerprint density at radius 2 is 1.56 bits per heavy atom. The molecule has 2 aromatic rings. The van der Waals surface area contributed by atoms with Gasteiger partial charge in [-0.3, -0.25) is 0 Å². The van der Waals surface area contributed by atoms with Gasteiger partial charge >= 0.3 is 11.9 Å². The zero-order valence-electron chi connectivity index (χ0n) is 32.6. The van der Waals surface area contributed by atoms with Crippen LogP contribution in [0.4, 0.5) is 0 Å². The summed E-state index contributed by atoms with van der Waals surface area (Å²) in [7, 11) is 1.56. The second-order valence-electron chi connectivity index (χ2n) is 14.5. The Morgan fingerprint density at radius 1 is 0.873 bits per heavy atom. The minimum Gasteiger partial charge on any atom is -0.457 e. The number of rotatable bonds is 5. The lowest BCUT2D eigenvalue weighted by atomic mass is 9.79. The van der Waals surface area contributed by atoms with Crippen LogP contribution in [-0.4, -0.2) is 82.0 Å². The number of aromatic nitrogens is 2. The second kappa shape index (κ2) is 20.2. The van der Waals surface area contributed by atoms with Crippen molar-refractivity contribution >= 4 is 18.0 Å². The van der Waals surface area contributed by atoms with Crippen LogP contribution in [0, 0.1) is 10.8 Å². The number of oxazole rings is 2. The molecule has 0 amide bonds. The van der Waals surface area contributed by atoms with E-state index in [4.69, 9.17) is 27.8 Å². The number of cyclic esters (lactones) is 2. The summed E-state index contributed by atoms with van der Waals surface area (Å²) in [6.07, 6.45) is 28.1. The van der Waals surface area contributed by atoms with E-state index in [1.165, 1.54) is 12.5 Å². The molecule has 1 saturated heterocycles. The number of epoxide rings is 1. The van der Waals surface area contributed by atoms with Gasteiger partial charge in [-0.25, -0.2) is 19.6 Å². The molecule has 0 aliphatic carbocycles. The summed E-state index contributed by atoms with van der Waals surface area (Å²) >= 11 is 0. The third kappa shape index (κ3) is 12.3. The molecule has 12 nitrogen and oxygen atoms in total. The zero-order chi connectivity index (χ0) is 40.0. The Morgan fingerprint density at radius 3 is 2.31 bits per heavy atom. The van der Waals surface area contributed by atoms with E-state index in [9.17, 15) is 19.8 Å². The molecule has 296 valence electrons. The lowest BCUT2D eigenvalue weighted by Crippen LogP contribution is -2.42. The number of nitrogens with zero attached hydrogens (tertiary/aromatic N) is 2. The molecular formula is C43H54N2O10. The Hall–Kier alpha value is -4.88. The van der Waals surface area contributed by atoms with Crippen LogP contribution in [0.5, 0.6) is 0 Å². The van der Waals surface area contributed by atoms with Gasteiger partial charge < -0.3 is 38.0 Å². The zero-order valence-corrected chi connectivity index (χ0v) is 32.6. The average molecular weight is 759 g/mol. The van der Waals surface area contributed by atoms with Crippen molar-refractivity contribution in [3.63, 3.8) is 0 Å². The van der Waals surface area contributed by atoms with Crippen molar-refractivity contribution in [1.82, 2.24) is 9.97 Å². The molecular weight excluding hydrogens is 704 g/mol. The van der Waals surface area contributed by atoms with E-state index in [0.717, 1.165) is 0 Å². The Kier molecular flexibility index (Phi) is 15.7. The Labute approximate surface area is 323 Å². The van der Waals surface area contributed by atoms with Crippen molar-refractivity contribution in [3.05, 3.63) is 127 Å². The molecule has 4 heterocycles. The lowest BCUT2D eigenvalue weighted by molar-refractivity contribution is -0.0457. The highest BCUT2D eigenvalue weighted by atomic mass is 16.6. The minimum atomic E-state index is -0.877. The van der Waals surface area contributed by atoms with Crippen molar-refractivity contribution in [2.24, 2.45) is 10.8 Å². The summed E-state index contributed by atoms with van der Waals surface area (Å²) in [6, 6.07) is 0. The quantitative estimate of drug-likeness (QED) is 0.178. The van der Waals surface area contributed by atoms with E-state index in [-0.39, 0.29) is 35.9 Å². The van der Waals surface area contributed by atoms with Gasteiger partial charge in [0.15, 0.2) is 17.3 Å². The van der Waals surface area contributed by atoms with Crippen LogP contribution < -0.4 is 0 Å². The number of methoxy groups -OCH3 is 1. The van der Waals surface area contributed by atoms with Crippen LogP contribution >= 0.6 is 0 Å². The summed E-state index contributed by atoms with van der Waals surface area (Å²) in [5.41, 5.74) is -1.66. The molecule has 0 aromatic carbocycles. The number of fused-ring (bicyclic) bond motifs is 5. The number of ether oxygens (including phenoxy) is 4. The third-order valence-electron chi connectivity index (χ3n) is 9.62. The molecule has 4 rings (SSSR count). The molecule has 2 aliphatic rings. The first-order chi connectivity index (χ1) is 26.3. The molecule has 1 fully saturated rings. The first kappa shape index (κ1) is 42.9. The molecule has 0 radical (unpaired) electrons. The highest BCUT2D eigenvalue weighted by molar-refractivity contribution is 5.87. The molecule has 7 atom stereocenters. The molecule has 0 unspecified atom stereocenters. The Bertz CT molecular complexity index is 1800. The molecule has 2 N–H and O–H groups in total. The predicted molar refractivity (Wildman–Crippen MR) is 208 cm³/mol. The maximum Gasteiger partial charge on any atom is 0.360 e. The van der Waals surface area contributed by atoms with Gasteiger partial charge in [0, 0.05) is 30.4 Å². The number of esters is 2. The molecule has 4 bridgehead atoms. The van der Waals surface area contributed by atoms with Gasteiger partial charge in [-0.05, 0) is 26.3 Å². The maximum atomic E-state index is 13.2. The molecule has 2 aromatic heterocycles. The third-order valence-corrected chi connectivity index (χ3v) is 9.62. The molecule has 12 heteroatoms. The number of aliphatic hydroxyl groups is 2. The van der Waals surface area contributed by atoms with E-state index < -0.39 is 53.3 Å². The maximum absolute atomic E-state index is 13.2. The lowest BCUT2D eigenvalue weighted by Gasteiger charge is -2.36. The van der Waals surface area contributed by atoms with Crippen molar-refractivity contribution < 1.29 is 47.6 Å². The first-order valence-corrected chi connectivity index (χ1v) is 18.4. The number of carbonyl (C=O) groups excluding carboxylic acids is 2. The summed E-state index contributed by atoms with van der Waals surface area (Å²) in [5, 5.41) is 22.1. The summed E-state index contributed by atoms with van der Waals surface area (Å²) < 4.78 is 34.1. The molecule has 55 heavy (non-hydrogen) atoms. The van der Waals surface area contributed by atoms with Crippen LogP contribution in [0.15, 0.2) is 113 Å². The fourth-order valence-electron chi connectivity index (χ4n) is 5.65. The van der Waals surface area contributed by atoms with E-state index in [1.54, 1.807) is 49.6 Å². The number of carbonyl (C=O) groups is 2. The van der Waals surface area contributed by atoms with Gasteiger partial charge in [-0.15, -0.1) is 0 Å². The van der Waals surface area contributed by atoms with E-state index in [2.05, 4.69) is 9.97 Å². The van der Waals surface area contributed by atoms with E-state index in [0.29, 0.717) is 18.7 Å². The minimum absolute atomic E-state index is 0.00918. The topological polar surface area (TPSA) is 167 Å². The van der Waals surface area contributed by atoms with Crippen molar-refractivity contribution in [2.45, 2.75) is 104 Å². The fourth-order valence-corrected chi connectivity index (χ4v) is 5.65. The SMILES string of the molecule is C/C=C/[C@H](O)C(C)(C)[C@@H]1CC=CC=CC=C[C@H](OC)Cc2nc(co2)C(=O)O[C@H](/C=C/C)C(C)(C)[C@@H](O)CC=C[C@@H]2O[C@@H]2C=CC=Cc2nc(co2)C(=O)O1. The molecule has 0 spiro atoms. The molecule has 2 aliphatic heterocycles. The Balaban J connectivity index is 1.56. The number of allylic oxidation sites excluding steroid dienone is 8. The van der Waals surface area contributed by atoms with Gasteiger partial charge in [-0.2, -0.15) is 0 Å². The van der Waals surface area contributed by atoms with Crippen LogP contribution in [0.25, 0.3) is 6.08 Å². The van der Waals surface area contributed by atoms with Crippen molar-refractivity contribution in [1.29, 1.82) is 0 Å². The number of hydrogen-bond donors (Lipinski definition) is 2. The highest BCUT2D eigenvalue weighted by Crippen LogP contribution is 2.34. The van der Waals surface area contributed by atoms with Crippen molar-refractivity contribution in [3.8, 4) is 0 Å². The number of aliphatic hydroxyl groups excluding tert-OH is 2. The van der Waals surface area contributed by atoms with Gasteiger partial charge in [0.25, 0.3) is 0 Å². The normalized spacial score (nSPS) is 26.6. The van der Waals surface area contributed by atoms with E-state index >= 15 is 0 Å². The van der Waals surface area contributed by atoms with Crippen LogP contribution in [0.2, 0.25) is 0 Å². The summed E-state index contributed by atoms with van der Waals surface area (Å²) in [4.78, 5) is 35.0. The smallest absolute Gasteiger partial charge is 0.360 e. The average Bonchev–Trinajstić information content (AvgIpc) is 3.47. The van der Waals surface area contributed by atoms with Gasteiger partial charge in [0.2, 0.25) is 5.89 Å². The number of hydrogen-bond acceptors (Lipinski definition) is 12. The van der Waals surface area contributed by atoms with Gasteiger partial charge in [0.1, 0.15) is 36.9 Å². The summed E-state index contributed by atoms with van der Waals surface area (Å²) in [6.45, 7) is 11.0. The monoisotopic (exact) mass is 758 g/mol. The van der Waals surface area contributed by atoms with Crippen LogP contribution in [0.3, 0.4) is 0 Å². The fraction of sp³-hybridized carbons (Fsp3) is 0.442. The molecule has 0 saturated carbocycles. The standard InChI is InChI=1S/C43H54N2O10/c1-8-18-34(46)42(3,4)37-24-14-12-10-11-13-20-29(50-7)26-39-45-31(28-52-39)41(49)54-36(19-9-2)43(5,6)35(47)23-17-22-33-32(53-33)21-15-16-25-38-44-30(27-51-38)40(48)55-37/h8-22,25,27-29,32-37,46-47H,23-24,26H2,1-7H3/b11-10?,14-12?,18-8+,19-9+,20-13?,21-15?,22-17?,25-16?/t29-,32+,33-,34-,35-,36+,37-/m0/s1. The van der Waals surface area contributed by atoms with Crippen molar-refractivity contribution in [2.75, 3.05) is 7.11 Å². The van der Waals surface area contributed by atoms with Gasteiger partial charge in [-0.1, -0.05) is 113 Å². The summed E-state index contributed by atoms with van der Waals surface area (Å²) in [5.74, 6) is -0.830. The predicted octanol–water partition coefficient (Wildman–Crippen LogP) is 7.25. The van der Waals surface area contributed by atoms with Crippen LogP contribution in [0.1, 0.15) is 87.1 Å². The highest BCUT2D eigenvalue weighted by Gasteiger charge is 2.39.